The van der Waals surface area contributed by atoms with E-state index in [2.05, 4.69) is 0 Å². The van der Waals surface area contributed by atoms with E-state index in [1.165, 1.54) is 6.92 Å². The monoisotopic (exact) mass is 407 g/mol. The van der Waals surface area contributed by atoms with Crippen LogP contribution in [-0.4, -0.2) is 41.3 Å². The van der Waals surface area contributed by atoms with Gasteiger partial charge < -0.3 is 14.4 Å². The second-order valence-electron chi connectivity index (χ2n) is 8.23. The first-order chi connectivity index (χ1) is 14.3. The zero-order chi connectivity index (χ0) is 21.5. The molecule has 2 aliphatic rings. The lowest BCUT2D eigenvalue weighted by Gasteiger charge is -2.44. The van der Waals surface area contributed by atoms with Crippen LogP contribution in [0.2, 0.25) is 0 Å². The molecular formula is C24H25NO5. The Labute approximate surface area is 175 Å². The number of likely N-dealkylation sites (tertiary alicyclic amines) is 1. The minimum atomic E-state index is -0.553. The van der Waals surface area contributed by atoms with Gasteiger partial charge in [-0.1, -0.05) is 6.07 Å². The van der Waals surface area contributed by atoms with Crippen molar-refractivity contribution in [2.45, 2.75) is 45.6 Å². The standard InChI is InChI=1S/C24H25NO5/c1-15-11-20-21(27)14-24(30-22(20)12-16(15)2)7-9-25(10-8-24)23(28)18-5-4-6-19(13-18)29-17(3)26/h4-6,11-13H,7-10,14H2,1-3H3. The first kappa shape index (κ1) is 20.1. The topological polar surface area (TPSA) is 72.9 Å². The van der Waals surface area contributed by atoms with Crippen LogP contribution in [0.3, 0.4) is 0 Å². The number of fused-ring (bicyclic) bond motifs is 1. The third kappa shape index (κ3) is 3.82. The molecule has 0 radical (unpaired) electrons. The molecule has 2 heterocycles. The first-order valence-corrected chi connectivity index (χ1v) is 10.2. The maximum absolute atomic E-state index is 12.9. The van der Waals surface area contributed by atoms with Crippen molar-refractivity contribution in [1.29, 1.82) is 0 Å². The zero-order valence-electron chi connectivity index (χ0n) is 17.5. The Balaban J connectivity index is 1.47. The quantitative estimate of drug-likeness (QED) is 0.558. The lowest BCUT2D eigenvalue weighted by molar-refractivity contribution is -0.131. The van der Waals surface area contributed by atoms with E-state index in [-0.39, 0.29) is 11.7 Å². The molecule has 6 nitrogen and oxygen atoms in total. The fraction of sp³-hybridized carbons (Fsp3) is 0.375. The molecule has 1 spiro atoms. The number of esters is 1. The van der Waals surface area contributed by atoms with Crippen LogP contribution in [0.15, 0.2) is 36.4 Å². The van der Waals surface area contributed by atoms with Gasteiger partial charge in [0.2, 0.25) is 0 Å². The minimum absolute atomic E-state index is 0.105. The highest BCUT2D eigenvalue weighted by Gasteiger charge is 2.43. The maximum Gasteiger partial charge on any atom is 0.308 e. The molecule has 2 aliphatic heterocycles. The first-order valence-electron chi connectivity index (χ1n) is 10.2. The number of piperidine rings is 1. The van der Waals surface area contributed by atoms with Gasteiger partial charge in [0.05, 0.1) is 12.0 Å². The Hall–Kier alpha value is -3.15. The van der Waals surface area contributed by atoms with Crippen LogP contribution in [-0.2, 0) is 4.79 Å². The van der Waals surface area contributed by atoms with Gasteiger partial charge in [-0.2, -0.15) is 0 Å². The van der Waals surface area contributed by atoms with Gasteiger partial charge in [0.15, 0.2) is 5.78 Å². The van der Waals surface area contributed by atoms with E-state index >= 15 is 0 Å². The molecule has 0 bridgehead atoms. The van der Waals surface area contributed by atoms with Gasteiger partial charge in [0.25, 0.3) is 5.91 Å². The molecule has 0 atom stereocenters. The van der Waals surface area contributed by atoms with E-state index in [9.17, 15) is 14.4 Å². The molecule has 6 heteroatoms. The number of Topliss-reactive ketones (excluding diaryl/α,β-unsaturated/α-hetero) is 1. The van der Waals surface area contributed by atoms with Crippen molar-refractivity contribution in [2.24, 2.45) is 0 Å². The van der Waals surface area contributed by atoms with Gasteiger partial charge in [-0.05, 0) is 55.3 Å². The zero-order valence-corrected chi connectivity index (χ0v) is 17.5. The summed E-state index contributed by atoms with van der Waals surface area (Å²) < 4.78 is 11.4. The molecule has 0 saturated carbocycles. The molecule has 30 heavy (non-hydrogen) atoms. The summed E-state index contributed by atoms with van der Waals surface area (Å²) in [4.78, 5) is 38.6. The molecule has 1 amide bonds. The number of carbonyl (C=O) groups is 3. The third-order valence-electron chi connectivity index (χ3n) is 6.01. The van der Waals surface area contributed by atoms with Crippen molar-refractivity contribution in [2.75, 3.05) is 13.1 Å². The highest BCUT2D eigenvalue weighted by Crippen LogP contribution is 2.40. The molecule has 0 aromatic heterocycles. The van der Waals surface area contributed by atoms with Crippen LogP contribution >= 0.6 is 0 Å². The normalized spacial score (nSPS) is 17.3. The van der Waals surface area contributed by atoms with Crippen LogP contribution < -0.4 is 9.47 Å². The van der Waals surface area contributed by atoms with Crippen molar-refractivity contribution < 1.29 is 23.9 Å². The van der Waals surface area contributed by atoms with E-state index < -0.39 is 11.6 Å². The summed E-state index contributed by atoms with van der Waals surface area (Å²) in [7, 11) is 0. The van der Waals surface area contributed by atoms with Crippen molar-refractivity contribution in [1.82, 2.24) is 4.90 Å². The van der Waals surface area contributed by atoms with Crippen molar-refractivity contribution in [3.63, 3.8) is 0 Å². The lowest BCUT2D eigenvalue weighted by Crippen LogP contribution is -2.52. The number of amides is 1. The van der Waals surface area contributed by atoms with Gasteiger partial charge >= 0.3 is 5.97 Å². The molecule has 2 aromatic rings. The number of carbonyl (C=O) groups excluding carboxylic acids is 3. The fourth-order valence-corrected chi connectivity index (χ4v) is 4.19. The van der Waals surface area contributed by atoms with E-state index in [0.717, 1.165) is 11.1 Å². The number of ether oxygens (including phenoxy) is 2. The summed E-state index contributed by atoms with van der Waals surface area (Å²) in [6.45, 7) is 6.34. The molecule has 4 rings (SSSR count). The van der Waals surface area contributed by atoms with Crippen molar-refractivity contribution in [3.05, 3.63) is 58.7 Å². The molecule has 2 aromatic carbocycles. The average Bonchev–Trinajstić information content (AvgIpc) is 2.69. The van der Waals surface area contributed by atoms with Gasteiger partial charge in [0, 0.05) is 38.4 Å². The second kappa shape index (κ2) is 7.59. The maximum atomic E-state index is 12.9. The Morgan fingerprint density at radius 1 is 1.07 bits per heavy atom. The van der Waals surface area contributed by atoms with Gasteiger partial charge in [-0.15, -0.1) is 0 Å². The smallest absolute Gasteiger partial charge is 0.308 e. The number of benzene rings is 2. The van der Waals surface area contributed by atoms with E-state index in [1.807, 2.05) is 26.0 Å². The second-order valence-corrected chi connectivity index (χ2v) is 8.23. The van der Waals surface area contributed by atoms with Crippen molar-refractivity contribution in [3.8, 4) is 11.5 Å². The number of hydrogen-bond donors (Lipinski definition) is 0. The molecule has 0 aliphatic carbocycles. The molecule has 1 saturated heterocycles. The number of aryl methyl sites for hydroxylation is 2. The van der Waals surface area contributed by atoms with Crippen LogP contribution in [0, 0.1) is 13.8 Å². The Morgan fingerprint density at radius 2 is 1.77 bits per heavy atom. The van der Waals surface area contributed by atoms with E-state index in [1.54, 1.807) is 29.2 Å². The Kier molecular flexibility index (Phi) is 5.10. The Bertz CT molecular complexity index is 1030. The van der Waals surface area contributed by atoms with Gasteiger partial charge in [-0.25, -0.2) is 0 Å². The molecule has 156 valence electrons. The number of rotatable bonds is 2. The summed E-state index contributed by atoms with van der Waals surface area (Å²) in [6.07, 6.45) is 1.54. The van der Waals surface area contributed by atoms with Crippen LogP contribution in [0.4, 0.5) is 0 Å². The summed E-state index contributed by atoms with van der Waals surface area (Å²) in [5.74, 6) is 0.568. The lowest BCUT2D eigenvalue weighted by atomic mass is 9.81. The third-order valence-corrected chi connectivity index (χ3v) is 6.01. The minimum Gasteiger partial charge on any atom is -0.486 e. The summed E-state index contributed by atoms with van der Waals surface area (Å²) in [6, 6.07) is 10.5. The largest absolute Gasteiger partial charge is 0.486 e. The SMILES string of the molecule is CC(=O)Oc1cccc(C(=O)N2CCC3(CC2)CC(=O)c2cc(C)c(C)cc2O3)c1. The van der Waals surface area contributed by atoms with Crippen LogP contribution in [0.5, 0.6) is 11.5 Å². The predicted molar refractivity (Wildman–Crippen MR) is 111 cm³/mol. The fourth-order valence-electron chi connectivity index (χ4n) is 4.19. The summed E-state index contributed by atoms with van der Waals surface area (Å²) in [5.41, 5.74) is 2.76. The van der Waals surface area contributed by atoms with Crippen LogP contribution in [0.25, 0.3) is 0 Å². The highest BCUT2D eigenvalue weighted by molar-refractivity contribution is 6.01. The molecule has 1 fully saturated rings. The summed E-state index contributed by atoms with van der Waals surface area (Å²) in [5, 5.41) is 0. The summed E-state index contributed by atoms with van der Waals surface area (Å²) >= 11 is 0. The van der Waals surface area contributed by atoms with E-state index in [0.29, 0.717) is 55.0 Å². The molecule has 0 N–H and O–H groups in total. The number of ketones is 1. The van der Waals surface area contributed by atoms with Crippen molar-refractivity contribution >= 4 is 17.7 Å². The van der Waals surface area contributed by atoms with Gasteiger partial charge in [0.1, 0.15) is 17.1 Å². The number of nitrogens with zero attached hydrogens (tertiary/aromatic N) is 1. The van der Waals surface area contributed by atoms with E-state index in [4.69, 9.17) is 9.47 Å². The average molecular weight is 407 g/mol. The number of hydrogen-bond acceptors (Lipinski definition) is 5. The highest BCUT2D eigenvalue weighted by atomic mass is 16.5. The van der Waals surface area contributed by atoms with Crippen LogP contribution in [0.1, 0.15) is 58.0 Å². The Morgan fingerprint density at radius 3 is 2.47 bits per heavy atom. The molecular weight excluding hydrogens is 382 g/mol. The molecule has 0 unspecified atom stereocenters. The van der Waals surface area contributed by atoms with Gasteiger partial charge in [-0.3, -0.25) is 14.4 Å². The predicted octanol–water partition coefficient (Wildman–Crippen LogP) is 3.87.